The Morgan fingerprint density at radius 1 is 1.17 bits per heavy atom. The molecule has 5 nitrogen and oxygen atoms in total. The molecule has 1 atom stereocenters. The van der Waals surface area contributed by atoms with E-state index in [4.69, 9.17) is 0 Å². The number of carbonyl (C=O) groups is 1. The summed E-state index contributed by atoms with van der Waals surface area (Å²) in [6.45, 7) is 1.72. The zero-order chi connectivity index (χ0) is 17.3. The fourth-order valence-electron chi connectivity index (χ4n) is 3.11. The molecule has 2 aromatic carbocycles. The Morgan fingerprint density at radius 2 is 1.83 bits per heavy atom. The Kier molecular flexibility index (Phi) is 4.43. The molecule has 3 rings (SSSR count). The van der Waals surface area contributed by atoms with Gasteiger partial charge >= 0.3 is 5.97 Å². The number of aliphatic carboxylic acids is 1. The monoisotopic (exact) mass is 345 g/mol. The highest BCUT2D eigenvalue weighted by atomic mass is 32.2. The van der Waals surface area contributed by atoms with Gasteiger partial charge in [-0.3, -0.25) is 9.69 Å². The van der Waals surface area contributed by atoms with Gasteiger partial charge < -0.3 is 5.11 Å². The van der Waals surface area contributed by atoms with Gasteiger partial charge in [-0.1, -0.05) is 36.4 Å². The van der Waals surface area contributed by atoms with E-state index in [1.165, 1.54) is 6.26 Å². The number of carboxylic acids is 1. The molecule has 0 amide bonds. The van der Waals surface area contributed by atoms with E-state index in [0.29, 0.717) is 24.5 Å². The summed E-state index contributed by atoms with van der Waals surface area (Å²) in [7, 11) is -3.20. The minimum Gasteiger partial charge on any atom is -0.481 e. The second-order valence-corrected chi connectivity index (χ2v) is 8.19. The van der Waals surface area contributed by atoms with Gasteiger partial charge in [-0.25, -0.2) is 8.42 Å². The maximum atomic E-state index is 11.6. The predicted octanol–water partition coefficient (Wildman–Crippen LogP) is 2.27. The molecule has 24 heavy (non-hydrogen) atoms. The number of sulfone groups is 1. The molecule has 6 heteroatoms. The molecule has 0 bridgehead atoms. The number of fused-ring (bicyclic) bond motifs is 1. The lowest BCUT2D eigenvalue weighted by molar-refractivity contribution is -0.139. The van der Waals surface area contributed by atoms with E-state index in [-0.39, 0.29) is 0 Å². The Morgan fingerprint density at radius 3 is 2.46 bits per heavy atom. The minimum absolute atomic E-state index is 0.290. The van der Waals surface area contributed by atoms with Gasteiger partial charge in [-0.2, -0.15) is 0 Å². The summed E-state index contributed by atoms with van der Waals surface area (Å²) in [4.78, 5) is 13.9. The van der Waals surface area contributed by atoms with E-state index < -0.39 is 21.7 Å². The summed E-state index contributed by atoms with van der Waals surface area (Å²) in [6.07, 6.45) is 1.18. The van der Waals surface area contributed by atoms with Gasteiger partial charge in [0.1, 0.15) is 0 Å². The van der Waals surface area contributed by atoms with Crippen LogP contribution in [0.25, 0.3) is 0 Å². The summed E-state index contributed by atoms with van der Waals surface area (Å²) < 4.78 is 23.0. The van der Waals surface area contributed by atoms with E-state index in [1.807, 2.05) is 24.3 Å². The van der Waals surface area contributed by atoms with Crippen LogP contribution in [-0.2, 0) is 27.7 Å². The molecule has 1 aliphatic heterocycles. The van der Waals surface area contributed by atoms with E-state index >= 15 is 0 Å². The lowest BCUT2D eigenvalue weighted by Gasteiger charge is -2.32. The molecule has 0 spiro atoms. The normalized spacial score (nSPS) is 18.1. The summed E-state index contributed by atoms with van der Waals surface area (Å²) in [5.74, 6) is -1.36. The lowest BCUT2D eigenvalue weighted by atomic mass is 9.89. The van der Waals surface area contributed by atoms with E-state index in [1.54, 1.807) is 24.3 Å². The Bertz CT molecular complexity index is 859. The van der Waals surface area contributed by atoms with Crippen molar-refractivity contribution in [2.24, 2.45) is 0 Å². The summed E-state index contributed by atoms with van der Waals surface area (Å²) in [5.41, 5.74) is 2.88. The van der Waals surface area contributed by atoms with Crippen molar-refractivity contribution < 1.29 is 18.3 Å². The largest absolute Gasteiger partial charge is 0.481 e. The van der Waals surface area contributed by atoms with Crippen molar-refractivity contribution in [3.63, 3.8) is 0 Å². The van der Waals surface area contributed by atoms with Gasteiger partial charge in [0, 0.05) is 25.9 Å². The number of rotatable bonds is 4. The SMILES string of the molecule is CS(=O)(=O)c1ccc(CN2Cc3ccccc3C(C(=O)O)C2)cc1. The zero-order valence-corrected chi connectivity index (χ0v) is 14.2. The Labute approximate surface area is 141 Å². The molecular weight excluding hydrogens is 326 g/mol. The number of hydrogen-bond acceptors (Lipinski definition) is 4. The fourth-order valence-corrected chi connectivity index (χ4v) is 3.74. The highest BCUT2D eigenvalue weighted by molar-refractivity contribution is 7.90. The van der Waals surface area contributed by atoms with E-state index in [9.17, 15) is 18.3 Å². The van der Waals surface area contributed by atoms with Crippen LogP contribution in [-0.4, -0.2) is 37.2 Å². The molecule has 0 fully saturated rings. The molecule has 0 saturated carbocycles. The summed E-state index contributed by atoms with van der Waals surface area (Å²) in [5, 5.41) is 9.50. The van der Waals surface area contributed by atoms with Crippen LogP contribution < -0.4 is 0 Å². The second-order valence-electron chi connectivity index (χ2n) is 6.18. The molecule has 1 unspecified atom stereocenters. The maximum absolute atomic E-state index is 11.6. The zero-order valence-electron chi connectivity index (χ0n) is 13.3. The summed E-state index contributed by atoms with van der Waals surface area (Å²) in [6, 6.07) is 14.4. The third kappa shape index (κ3) is 3.49. The van der Waals surface area contributed by atoms with Gasteiger partial charge in [0.05, 0.1) is 10.8 Å². The average molecular weight is 345 g/mol. The topological polar surface area (TPSA) is 74.7 Å². The van der Waals surface area contributed by atoms with Gasteiger partial charge in [0.25, 0.3) is 0 Å². The molecule has 0 aliphatic carbocycles. The van der Waals surface area contributed by atoms with Crippen LogP contribution in [0.5, 0.6) is 0 Å². The van der Waals surface area contributed by atoms with Gasteiger partial charge in [0.2, 0.25) is 0 Å². The third-order valence-electron chi connectivity index (χ3n) is 4.32. The van der Waals surface area contributed by atoms with Crippen molar-refractivity contribution in [3.8, 4) is 0 Å². The molecular formula is C18H19NO4S. The molecule has 1 N–H and O–H groups in total. The second kappa shape index (κ2) is 6.37. The van der Waals surface area contributed by atoms with Crippen molar-refractivity contribution in [1.29, 1.82) is 0 Å². The van der Waals surface area contributed by atoms with Crippen molar-refractivity contribution in [3.05, 3.63) is 65.2 Å². The van der Waals surface area contributed by atoms with Crippen molar-refractivity contribution >= 4 is 15.8 Å². The maximum Gasteiger partial charge on any atom is 0.312 e. The summed E-state index contributed by atoms with van der Waals surface area (Å²) >= 11 is 0. The number of nitrogens with zero attached hydrogens (tertiary/aromatic N) is 1. The minimum atomic E-state index is -3.20. The number of benzene rings is 2. The Hall–Kier alpha value is -2.18. The highest BCUT2D eigenvalue weighted by Gasteiger charge is 2.29. The van der Waals surface area contributed by atoms with Gasteiger partial charge in [-0.15, -0.1) is 0 Å². The molecule has 126 valence electrons. The van der Waals surface area contributed by atoms with Crippen LogP contribution in [0.15, 0.2) is 53.4 Å². The first-order chi connectivity index (χ1) is 11.3. The van der Waals surface area contributed by atoms with E-state index in [0.717, 1.165) is 16.7 Å². The number of carboxylic acid groups (broad SMARTS) is 1. The first kappa shape index (κ1) is 16.7. The van der Waals surface area contributed by atoms with Crippen LogP contribution >= 0.6 is 0 Å². The van der Waals surface area contributed by atoms with Crippen molar-refractivity contribution in [2.45, 2.75) is 23.9 Å². The van der Waals surface area contributed by atoms with Gasteiger partial charge in [-0.05, 0) is 28.8 Å². The molecule has 2 aromatic rings. The Balaban J connectivity index is 1.80. The van der Waals surface area contributed by atoms with Crippen LogP contribution in [0.2, 0.25) is 0 Å². The van der Waals surface area contributed by atoms with Crippen LogP contribution in [0.4, 0.5) is 0 Å². The predicted molar refractivity (Wildman–Crippen MR) is 90.5 cm³/mol. The average Bonchev–Trinajstić information content (AvgIpc) is 2.53. The quantitative estimate of drug-likeness (QED) is 0.920. The first-order valence-electron chi connectivity index (χ1n) is 7.66. The standard InChI is InChI=1S/C18H19NO4S/c1-24(22,23)15-8-6-13(7-9-15)10-19-11-14-4-2-3-5-16(14)17(12-19)18(20)21/h2-9,17H,10-12H2,1H3,(H,20,21). The van der Waals surface area contributed by atoms with E-state index in [2.05, 4.69) is 4.90 Å². The van der Waals surface area contributed by atoms with Crippen LogP contribution in [0.3, 0.4) is 0 Å². The van der Waals surface area contributed by atoms with Gasteiger partial charge in [0.15, 0.2) is 9.84 Å². The molecule has 0 radical (unpaired) electrons. The molecule has 0 saturated heterocycles. The highest BCUT2D eigenvalue weighted by Crippen LogP contribution is 2.29. The third-order valence-corrected chi connectivity index (χ3v) is 5.45. The van der Waals surface area contributed by atoms with Crippen molar-refractivity contribution in [1.82, 2.24) is 4.90 Å². The van der Waals surface area contributed by atoms with Crippen LogP contribution in [0, 0.1) is 0 Å². The molecule has 1 aliphatic rings. The molecule has 1 heterocycles. The molecule has 0 aromatic heterocycles. The van der Waals surface area contributed by atoms with Crippen molar-refractivity contribution in [2.75, 3.05) is 12.8 Å². The smallest absolute Gasteiger partial charge is 0.312 e. The van der Waals surface area contributed by atoms with Crippen LogP contribution in [0.1, 0.15) is 22.6 Å². The first-order valence-corrected chi connectivity index (χ1v) is 9.55. The number of hydrogen-bond donors (Lipinski definition) is 1. The fraction of sp³-hybridized carbons (Fsp3) is 0.278. The lowest BCUT2D eigenvalue weighted by Crippen LogP contribution is -2.36.